The highest BCUT2D eigenvalue weighted by molar-refractivity contribution is 6.39. The van der Waals surface area contributed by atoms with Crippen molar-refractivity contribution in [1.29, 1.82) is 5.41 Å². The summed E-state index contributed by atoms with van der Waals surface area (Å²) in [6.45, 7) is 0. The highest BCUT2D eigenvalue weighted by Crippen LogP contribution is 2.32. The Morgan fingerprint density at radius 3 is 2.72 bits per heavy atom. The molecule has 0 bridgehead atoms. The van der Waals surface area contributed by atoms with E-state index >= 15 is 0 Å². The molecule has 1 aliphatic heterocycles. The van der Waals surface area contributed by atoms with Gasteiger partial charge >= 0.3 is 0 Å². The van der Waals surface area contributed by atoms with Crippen LogP contribution in [0.2, 0.25) is 0 Å². The van der Waals surface area contributed by atoms with Gasteiger partial charge in [0.1, 0.15) is 0 Å². The van der Waals surface area contributed by atoms with Crippen LogP contribution in [0.1, 0.15) is 11.7 Å². The molecule has 0 aromatic heterocycles. The van der Waals surface area contributed by atoms with Gasteiger partial charge in [-0.2, -0.15) is 0 Å². The van der Waals surface area contributed by atoms with E-state index in [1.54, 1.807) is 11.5 Å². The smallest absolute Gasteiger partial charge is 0.276 e. The van der Waals surface area contributed by atoms with Crippen molar-refractivity contribution in [1.82, 2.24) is 10.5 Å². The van der Waals surface area contributed by atoms with E-state index in [2.05, 4.69) is 4.99 Å². The van der Waals surface area contributed by atoms with Gasteiger partial charge in [-0.25, -0.2) is 15.5 Å². The average molecular weight is 251 g/mol. The van der Waals surface area contributed by atoms with E-state index in [1.165, 1.54) is 18.2 Å². The van der Waals surface area contributed by atoms with Crippen molar-refractivity contribution < 1.29 is 15.3 Å². The molecule has 94 valence electrons. The standard InChI is InChI=1S/C9H9N5O4/c10-7-8(12-15)11-9(13(7)16)5-3-1-2-4-6(5)14(17)18/h1-4,9-10,15-16H,(H,11,12). The molecule has 1 aromatic rings. The predicted molar refractivity (Wildman–Crippen MR) is 59.5 cm³/mol. The Kier molecular flexibility index (Phi) is 2.92. The molecule has 9 nitrogen and oxygen atoms in total. The van der Waals surface area contributed by atoms with E-state index in [4.69, 9.17) is 10.6 Å². The SMILES string of the molecule is N=C1C(NO)=NC(c2ccccc2[N+](=O)[O-])N1O. The summed E-state index contributed by atoms with van der Waals surface area (Å²) < 4.78 is 0. The molecule has 9 heteroatoms. The first kappa shape index (κ1) is 12.0. The van der Waals surface area contributed by atoms with Crippen molar-refractivity contribution in [3.05, 3.63) is 39.9 Å². The molecule has 2 rings (SSSR count). The second-order valence-electron chi connectivity index (χ2n) is 3.47. The molecule has 0 saturated carbocycles. The molecule has 1 unspecified atom stereocenters. The zero-order valence-corrected chi connectivity index (χ0v) is 8.94. The number of hydrogen-bond donors (Lipinski definition) is 4. The van der Waals surface area contributed by atoms with Crippen molar-refractivity contribution in [2.24, 2.45) is 4.99 Å². The number of nitrogens with one attached hydrogen (secondary N) is 2. The summed E-state index contributed by atoms with van der Waals surface area (Å²) in [4.78, 5) is 14.0. The fraction of sp³-hybridized carbons (Fsp3) is 0.111. The number of rotatable bonds is 2. The van der Waals surface area contributed by atoms with Crippen LogP contribution in [-0.2, 0) is 0 Å². The monoisotopic (exact) mass is 251 g/mol. The summed E-state index contributed by atoms with van der Waals surface area (Å²) >= 11 is 0. The number of aliphatic imine (C=N–C) groups is 1. The third kappa shape index (κ3) is 1.77. The molecule has 0 spiro atoms. The third-order valence-electron chi connectivity index (χ3n) is 2.45. The number of nitrogens with zero attached hydrogens (tertiary/aromatic N) is 3. The van der Waals surface area contributed by atoms with Gasteiger partial charge in [0.05, 0.1) is 10.5 Å². The van der Waals surface area contributed by atoms with Gasteiger partial charge in [-0.1, -0.05) is 12.1 Å². The minimum absolute atomic E-state index is 0.125. The predicted octanol–water partition coefficient (Wildman–Crippen LogP) is 0.653. The van der Waals surface area contributed by atoms with Crippen molar-refractivity contribution in [2.45, 2.75) is 6.17 Å². The number of hydrogen-bond acceptors (Lipinski definition) is 7. The maximum Gasteiger partial charge on any atom is 0.276 e. The van der Waals surface area contributed by atoms with E-state index < -0.39 is 16.9 Å². The lowest BCUT2D eigenvalue weighted by molar-refractivity contribution is -0.386. The van der Waals surface area contributed by atoms with Crippen LogP contribution in [-0.4, -0.2) is 32.1 Å². The molecule has 1 aromatic carbocycles. The molecule has 1 heterocycles. The van der Waals surface area contributed by atoms with E-state index in [0.717, 1.165) is 0 Å². The number of benzene rings is 1. The van der Waals surface area contributed by atoms with Crippen LogP contribution in [0.25, 0.3) is 0 Å². The largest absolute Gasteiger partial charge is 0.290 e. The topological polar surface area (TPSA) is 135 Å². The second-order valence-corrected chi connectivity index (χ2v) is 3.47. The van der Waals surface area contributed by atoms with Gasteiger partial charge in [-0.3, -0.25) is 25.9 Å². The molecular formula is C9H9N5O4. The van der Waals surface area contributed by atoms with Crippen LogP contribution < -0.4 is 5.48 Å². The Labute approximate surface area is 101 Å². The third-order valence-corrected chi connectivity index (χ3v) is 2.45. The number of para-hydroxylation sites is 1. The van der Waals surface area contributed by atoms with Gasteiger partial charge in [0, 0.05) is 6.07 Å². The zero-order valence-electron chi connectivity index (χ0n) is 8.94. The van der Waals surface area contributed by atoms with Gasteiger partial charge < -0.3 is 0 Å². The van der Waals surface area contributed by atoms with Crippen LogP contribution >= 0.6 is 0 Å². The molecule has 0 amide bonds. The lowest BCUT2D eigenvalue weighted by Crippen LogP contribution is -2.34. The summed E-state index contributed by atoms with van der Waals surface area (Å²) in [5.41, 5.74) is 1.55. The normalized spacial score (nSPS) is 18.8. The number of hydroxylamine groups is 3. The fourth-order valence-electron chi connectivity index (χ4n) is 1.62. The van der Waals surface area contributed by atoms with Crippen LogP contribution in [0.3, 0.4) is 0 Å². The summed E-state index contributed by atoms with van der Waals surface area (Å²) in [7, 11) is 0. The maximum atomic E-state index is 10.9. The van der Waals surface area contributed by atoms with Gasteiger partial charge in [0.15, 0.2) is 17.8 Å². The molecule has 0 fully saturated rings. The Hall–Kier alpha value is -2.52. The fourth-order valence-corrected chi connectivity index (χ4v) is 1.62. The van der Waals surface area contributed by atoms with Gasteiger partial charge in [-0.15, -0.1) is 0 Å². The van der Waals surface area contributed by atoms with Crippen LogP contribution in [0.5, 0.6) is 0 Å². The summed E-state index contributed by atoms with van der Waals surface area (Å²) in [6.07, 6.45) is -1.13. The Balaban J connectivity index is 2.47. The molecule has 0 aliphatic carbocycles. The minimum Gasteiger partial charge on any atom is -0.290 e. The van der Waals surface area contributed by atoms with Gasteiger partial charge in [0.2, 0.25) is 0 Å². The molecule has 4 N–H and O–H groups in total. The first-order chi connectivity index (χ1) is 8.56. The van der Waals surface area contributed by atoms with Crippen LogP contribution in [0.4, 0.5) is 5.69 Å². The van der Waals surface area contributed by atoms with Crippen LogP contribution in [0, 0.1) is 15.5 Å². The average Bonchev–Trinajstić information content (AvgIpc) is 2.66. The molecule has 1 aliphatic rings. The first-order valence-corrected chi connectivity index (χ1v) is 4.84. The van der Waals surface area contributed by atoms with E-state index in [0.29, 0.717) is 5.06 Å². The lowest BCUT2D eigenvalue weighted by atomic mass is 10.1. The first-order valence-electron chi connectivity index (χ1n) is 4.84. The Morgan fingerprint density at radius 2 is 2.17 bits per heavy atom. The van der Waals surface area contributed by atoms with E-state index in [9.17, 15) is 15.3 Å². The van der Waals surface area contributed by atoms with Crippen molar-refractivity contribution in [3.63, 3.8) is 0 Å². The number of amidine groups is 2. The second kappa shape index (κ2) is 4.39. The molecular weight excluding hydrogens is 242 g/mol. The maximum absolute atomic E-state index is 10.9. The quantitative estimate of drug-likeness (QED) is 0.450. The zero-order chi connectivity index (χ0) is 13.3. The van der Waals surface area contributed by atoms with Crippen molar-refractivity contribution in [3.8, 4) is 0 Å². The molecule has 18 heavy (non-hydrogen) atoms. The minimum atomic E-state index is -1.13. The summed E-state index contributed by atoms with van der Waals surface area (Å²) in [5.74, 6) is -0.735. The van der Waals surface area contributed by atoms with E-state index in [-0.39, 0.29) is 17.1 Å². The van der Waals surface area contributed by atoms with Crippen LogP contribution in [0.15, 0.2) is 29.3 Å². The van der Waals surface area contributed by atoms with Gasteiger partial charge in [0.25, 0.3) is 5.69 Å². The molecule has 0 saturated heterocycles. The molecule has 0 radical (unpaired) electrons. The van der Waals surface area contributed by atoms with Crippen molar-refractivity contribution >= 4 is 17.4 Å². The number of nitro groups is 1. The lowest BCUT2D eigenvalue weighted by Gasteiger charge is -2.16. The number of nitro benzene ring substituents is 1. The Morgan fingerprint density at radius 1 is 1.50 bits per heavy atom. The Bertz CT molecular complexity index is 544. The highest BCUT2D eigenvalue weighted by atomic mass is 16.6. The van der Waals surface area contributed by atoms with E-state index in [1.807, 2.05) is 0 Å². The highest BCUT2D eigenvalue weighted by Gasteiger charge is 2.35. The molecule has 1 atom stereocenters. The summed E-state index contributed by atoms with van der Waals surface area (Å²) in [6, 6.07) is 5.73. The van der Waals surface area contributed by atoms with Crippen molar-refractivity contribution in [2.75, 3.05) is 0 Å². The summed E-state index contributed by atoms with van der Waals surface area (Å²) in [5, 5.41) is 37.1. The van der Waals surface area contributed by atoms with Gasteiger partial charge in [-0.05, 0) is 6.07 Å².